The van der Waals surface area contributed by atoms with E-state index in [1.54, 1.807) is 11.3 Å². The molecule has 0 bridgehead atoms. The molecular weight excluding hydrogens is 418 g/mol. The maximum atomic E-state index is 13.0. The molecule has 0 saturated carbocycles. The smallest absolute Gasteiger partial charge is 0.261 e. The van der Waals surface area contributed by atoms with Crippen LogP contribution in [0.4, 0.5) is 0 Å². The lowest BCUT2D eigenvalue weighted by Crippen LogP contribution is -2.38. The molecule has 6 heteroatoms. The fourth-order valence-electron chi connectivity index (χ4n) is 4.44. The quantitative estimate of drug-likeness (QED) is 0.461. The number of carbonyl (C=O) groups is 1. The van der Waals surface area contributed by atoms with E-state index in [2.05, 4.69) is 51.6 Å². The molecule has 1 aliphatic heterocycles. The number of ether oxygens (including phenoxy) is 1. The molecule has 164 valence electrons. The third-order valence-corrected chi connectivity index (χ3v) is 7.05. The highest BCUT2D eigenvalue weighted by Crippen LogP contribution is 2.38. The lowest BCUT2D eigenvalue weighted by Gasteiger charge is -2.33. The predicted octanol–water partition coefficient (Wildman–Crippen LogP) is 5.16. The van der Waals surface area contributed by atoms with E-state index in [0.717, 1.165) is 45.7 Å². The first-order valence-corrected chi connectivity index (χ1v) is 11.9. The van der Waals surface area contributed by atoms with Gasteiger partial charge < -0.3 is 10.1 Å². The van der Waals surface area contributed by atoms with Crippen LogP contribution in [0.3, 0.4) is 0 Å². The Hall–Kier alpha value is -2.80. The van der Waals surface area contributed by atoms with E-state index in [0.29, 0.717) is 6.61 Å². The third kappa shape index (κ3) is 4.13. The largest absolute Gasteiger partial charge is 0.371 e. The van der Waals surface area contributed by atoms with Gasteiger partial charge in [0.25, 0.3) is 5.91 Å². The summed E-state index contributed by atoms with van der Waals surface area (Å²) in [5, 5.41) is 5.37. The minimum atomic E-state index is -0.138. The summed E-state index contributed by atoms with van der Waals surface area (Å²) in [5.41, 5.74) is 3.31. The molecule has 0 aliphatic carbocycles. The van der Waals surface area contributed by atoms with E-state index in [9.17, 15) is 4.79 Å². The molecule has 2 aromatic heterocycles. The number of rotatable bonds is 5. The maximum Gasteiger partial charge on any atom is 0.261 e. The van der Waals surface area contributed by atoms with Crippen LogP contribution in [0.5, 0.6) is 0 Å². The first-order chi connectivity index (χ1) is 15.6. The number of pyridine rings is 1. The molecule has 2 aromatic carbocycles. The van der Waals surface area contributed by atoms with Crippen molar-refractivity contribution in [1.29, 1.82) is 0 Å². The van der Waals surface area contributed by atoms with Gasteiger partial charge in [-0.05, 0) is 43.0 Å². The van der Waals surface area contributed by atoms with E-state index >= 15 is 0 Å². The zero-order chi connectivity index (χ0) is 22.1. The van der Waals surface area contributed by atoms with Crippen molar-refractivity contribution in [3.8, 4) is 0 Å². The van der Waals surface area contributed by atoms with Gasteiger partial charge in [-0.25, -0.2) is 0 Å². The molecule has 0 spiro atoms. The van der Waals surface area contributed by atoms with Crippen molar-refractivity contribution in [3.05, 3.63) is 76.8 Å². The normalized spacial score (nSPS) is 17.3. The highest BCUT2D eigenvalue weighted by Gasteiger charge is 2.30. The molecule has 1 unspecified atom stereocenters. The summed E-state index contributed by atoms with van der Waals surface area (Å²) < 4.78 is 7.38. The number of amides is 1. The Morgan fingerprint density at radius 1 is 1.16 bits per heavy atom. The second-order valence-electron chi connectivity index (χ2n) is 8.55. The molecule has 5 nitrogen and oxygen atoms in total. The summed E-state index contributed by atoms with van der Waals surface area (Å²) in [6.45, 7) is 7.06. The number of benzene rings is 2. The van der Waals surface area contributed by atoms with E-state index in [4.69, 9.17) is 4.74 Å². The van der Waals surface area contributed by atoms with Gasteiger partial charge >= 0.3 is 0 Å². The van der Waals surface area contributed by atoms with Gasteiger partial charge in [-0.15, -0.1) is 11.3 Å². The van der Waals surface area contributed by atoms with Crippen LogP contribution in [-0.2, 0) is 11.3 Å². The van der Waals surface area contributed by atoms with Crippen LogP contribution in [0.25, 0.3) is 21.0 Å². The van der Waals surface area contributed by atoms with E-state index in [1.807, 2.05) is 38.2 Å². The van der Waals surface area contributed by atoms with Crippen LogP contribution in [-0.4, -0.2) is 41.5 Å². The third-order valence-electron chi connectivity index (χ3n) is 5.87. The van der Waals surface area contributed by atoms with E-state index in [1.165, 1.54) is 10.9 Å². The van der Waals surface area contributed by atoms with Crippen molar-refractivity contribution in [2.24, 2.45) is 0 Å². The molecule has 1 aliphatic rings. The van der Waals surface area contributed by atoms with Crippen LogP contribution in [0, 0.1) is 0 Å². The number of aromatic nitrogens is 1. The minimum Gasteiger partial charge on any atom is -0.371 e. The van der Waals surface area contributed by atoms with Gasteiger partial charge in [0, 0.05) is 47.5 Å². The van der Waals surface area contributed by atoms with Gasteiger partial charge in [-0.2, -0.15) is 0 Å². The Bertz CT molecular complexity index is 1260. The molecule has 3 heterocycles. The van der Waals surface area contributed by atoms with Crippen molar-refractivity contribution in [2.75, 3.05) is 19.7 Å². The molecule has 4 aromatic rings. The topological polar surface area (TPSA) is 54.5 Å². The van der Waals surface area contributed by atoms with Crippen LogP contribution in [0.1, 0.15) is 40.8 Å². The number of fused-ring (bicyclic) bond motifs is 2. The number of hydrogen-bond acceptors (Lipinski definition) is 5. The Morgan fingerprint density at radius 2 is 1.94 bits per heavy atom. The van der Waals surface area contributed by atoms with Gasteiger partial charge in [0.05, 0.1) is 23.1 Å². The van der Waals surface area contributed by atoms with Crippen molar-refractivity contribution in [3.63, 3.8) is 0 Å². The fraction of sp³-hybridized carbons (Fsp3) is 0.308. The average Bonchev–Trinajstić information content (AvgIpc) is 3.19. The predicted molar refractivity (Wildman–Crippen MR) is 130 cm³/mol. The molecule has 1 N–H and O–H groups in total. The molecule has 0 radical (unpaired) electrons. The maximum absolute atomic E-state index is 13.0. The summed E-state index contributed by atoms with van der Waals surface area (Å²) in [6, 6.07) is 18.7. The SMILES string of the molecule is CC(C)NC(=O)c1sc2ccccc2c1C1CN(Cc2ccnc3ccccc23)CCO1. The number of morpholine rings is 1. The van der Waals surface area contributed by atoms with Crippen LogP contribution in [0.2, 0.25) is 0 Å². The van der Waals surface area contributed by atoms with Crippen LogP contribution < -0.4 is 5.32 Å². The second-order valence-corrected chi connectivity index (χ2v) is 9.60. The Kier molecular flexibility index (Phi) is 5.91. The zero-order valence-corrected chi connectivity index (χ0v) is 19.2. The minimum absolute atomic E-state index is 0.0166. The Labute approximate surface area is 192 Å². The average molecular weight is 446 g/mol. The molecule has 5 rings (SSSR count). The lowest BCUT2D eigenvalue weighted by molar-refractivity contribution is -0.0322. The fourth-order valence-corrected chi connectivity index (χ4v) is 5.59. The first kappa shape index (κ1) is 21.1. The van der Waals surface area contributed by atoms with Crippen molar-refractivity contribution >= 4 is 38.2 Å². The second kappa shape index (κ2) is 8.98. The highest BCUT2D eigenvalue weighted by atomic mass is 32.1. The highest BCUT2D eigenvalue weighted by molar-refractivity contribution is 7.21. The van der Waals surface area contributed by atoms with Crippen molar-refractivity contribution in [2.45, 2.75) is 32.5 Å². The zero-order valence-electron chi connectivity index (χ0n) is 18.4. The number of carbonyl (C=O) groups excluding carboxylic acids is 1. The summed E-state index contributed by atoms with van der Waals surface area (Å²) >= 11 is 1.56. The number of nitrogens with zero attached hydrogens (tertiary/aromatic N) is 2. The number of thiophene rings is 1. The lowest BCUT2D eigenvalue weighted by atomic mass is 10.0. The van der Waals surface area contributed by atoms with Crippen molar-refractivity contribution < 1.29 is 9.53 Å². The van der Waals surface area contributed by atoms with Gasteiger partial charge in [0.15, 0.2) is 0 Å². The molecule has 32 heavy (non-hydrogen) atoms. The molecule has 1 amide bonds. The molecule has 1 atom stereocenters. The monoisotopic (exact) mass is 445 g/mol. The van der Waals surface area contributed by atoms with E-state index < -0.39 is 0 Å². The first-order valence-electron chi connectivity index (χ1n) is 11.1. The van der Waals surface area contributed by atoms with Crippen LogP contribution >= 0.6 is 11.3 Å². The van der Waals surface area contributed by atoms with Gasteiger partial charge in [0.2, 0.25) is 0 Å². The Morgan fingerprint density at radius 3 is 2.78 bits per heavy atom. The standard InChI is InChI=1S/C26H27N3O2S/c1-17(2)28-26(30)25-24(20-8-4-6-10-23(20)32-25)22-16-29(13-14-31-22)15-18-11-12-27-21-9-5-3-7-19(18)21/h3-12,17,22H,13-16H2,1-2H3,(H,28,30). The van der Waals surface area contributed by atoms with E-state index in [-0.39, 0.29) is 18.1 Å². The number of para-hydroxylation sites is 1. The number of nitrogens with one attached hydrogen (secondary N) is 1. The van der Waals surface area contributed by atoms with Gasteiger partial charge in [-0.3, -0.25) is 14.7 Å². The summed E-state index contributed by atoms with van der Waals surface area (Å²) in [5.74, 6) is -0.0166. The molecular formula is C26H27N3O2S. The Balaban J connectivity index is 1.46. The number of hydrogen-bond donors (Lipinski definition) is 1. The van der Waals surface area contributed by atoms with Gasteiger partial charge in [-0.1, -0.05) is 36.4 Å². The molecule has 1 saturated heterocycles. The van der Waals surface area contributed by atoms with Crippen molar-refractivity contribution in [1.82, 2.24) is 15.2 Å². The van der Waals surface area contributed by atoms with Gasteiger partial charge in [0.1, 0.15) is 0 Å². The summed E-state index contributed by atoms with van der Waals surface area (Å²) in [7, 11) is 0. The molecule has 1 fully saturated rings. The summed E-state index contributed by atoms with van der Waals surface area (Å²) in [6.07, 6.45) is 1.75. The van der Waals surface area contributed by atoms with Crippen LogP contribution in [0.15, 0.2) is 60.8 Å². The summed E-state index contributed by atoms with van der Waals surface area (Å²) in [4.78, 5) is 20.7.